The van der Waals surface area contributed by atoms with E-state index in [0.717, 1.165) is 10.4 Å². The predicted molar refractivity (Wildman–Crippen MR) is 138 cm³/mol. The maximum Gasteiger partial charge on any atom is 0.295 e. The van der Waals surface area contributed by atoms with Gasteiger partial charge in [0.1, 0.15) is 11.4 Å². The number of ether oxygens (including phenoxy) is 2. The highest BCUT2D eigenvalue weighted by molar-refractivity contribution is 5.95. The predicted octanol–water partition coefficient (Wildman–Crippen LogP) is 3.61. The fraction of sp³-hybridized carbons (Fsp3) is 0.192. The van der Waals surface area contributed by atoms with Gasteiger partial charge in [-0.2, -0.15) is 9.78 Å². The Balaban J connectivity index is 1.79. The number of anilines is 1. The van der Waals surface area contributed by atoms with Gasteiger partial charge in [0.15, 0.2) is 0 Å². The van der Waals surface area contributed by atoms with Gasteiger partial charge in [-0.1, -0.05) is 23.4 Å². The number of nitrogens with zero attached hydrogens (tertiary/aromatic N) is 5. The summed E-state index contributed by atoms with van der Waals surface area (Å²) in [4.78, 5) is 27.1. The van der Waals surface area contributed by atoms with Crippen molar-refractivity contribution < 1.29 is 19.6 Å². The molecule has 3 aromatic carbocycles. The number of aromatic nitrogens is 2. The molecule has 4 aromatic rings. The topological polar surface area (TPSA) is 132 Å². The van der Waals surface area contributed by atoms with Crippen molar-refractivity contribution in [1.29, 1.82) is 0 Å². The van der Waals surface area contributed by atoms with E-state index in [2.05, 4.69) is 10.3 Å². The number of fused-ring (bicyclic) bond motifs is 1. The zero-order chi connectivity index (χ0) is 25.9. The summed E-state index contributed by atoms with van der Waals surface area (Å²) in [5, 5.41) is 29.7. The SMILES string of the molecule is COc1cc(C=NO)cc(-c2nn(-c3cc(N4CCOCC4)ccc3[N+](=O)[O-])c(=O)c3ccccc23)c1. The van der Waals surface area contributed by atoms with Gasteiger partial charge in [0, 0.05) is 41.4 Å². The molecule has 11 heteroatoms. The first-order valence-corrected chi connectivity index (χ1v) is 11.5. The summed E-state index contributed by atoms with van der Waals surface area (Å²) >= 11 is 0. The molecule has 1 saturated heterocycles. The molecule has 1 aliphatic rings. The van der Waals surface area contributed by atoms with Crippen LogP contribution in [0.25, 0.3) is 27.7 Å². The van der Waals surface area contributed by atoms with Crippen molar-refractivity contribution >= 4 is 28.4 Å². The van der Waals surface area contributed by atoms with E-state index in [0.29, 0.717) is 59.6 Å². The van der Waals surface area contributed by atoms with Crippen molar-refractivity contribution in [1.82, 2.24) is 9.78 Å². The number of nitro groups is 1. The largest absolute Gasteiger partial charge is 0.497 e. The Morgan fingerprint density at radius 3 is 2.57 bits per heavy atom. The van der Waals surface area contributed by atoms with Gasteiger partial charge in [-0.25, -0.2) is 0 Å². The minimum absolute atomic E-state index is 0.0611. The molecule has 0 spiro atoms. The molecule has 1 aliphatic heterocycles. The number of rotatable bonds is 6. The van der Waals surface area contributed by atoms with E-state index in [-0.39, 0.29) is 11.4 Å². The molecule has 0 radical (unpaired) electrons. The Kier molecular flexibility index (Phi) is 6.52. The number of benzene rings is 3. The van der Waals surface area contributed by atoms with Gasteiger partial charge in [-0.05, 0) is 36.4 Å². The third-order valence-electron chi connectivity index (χ3n) is 6.21. The molecular weight excluding hydrogens is 478 g/mol. The van der Waals surface area contributed by atoms with E-state index in [1.165, 1.54) is 19.4 Å². The fourth-order valence-corrected chi connectivity index (χ4v) is 4.44. The minimum Gasteiger partial charge on any atom is -0.497 e. The van der Waals surface area contributed by atoms with Gasteiger partial charge in [-0.3, -0.25) is 14.9 Å². The number of oxime groups is 1. The lowest BCUT2D eigenvalue weighted by Crippen LogP contribution is -2.36. The third kappa shape index (κ3) is 4.59. The van der Waals surface area contributed by atoms with Gasteiger partial charge in [-0.15, -0.1) is 0 Å². The van der Waals surface area contributed by atoms with E-state index >= 15 is 0 Å². The Labute approximate surface area is 210 Å². The van der Waals surface area contributed by atoms with Gasteiger partial charge in [0.25, 0.3) is 11.2 Å². The van der Waals surface area contributed by atoms with Crippen molar-refractivity contribution in [2.24, 2.45) is 5.16 Å². The number of nitro benzene ring substituents is 1. The monoisotopic (exact) mass is 501 g/mol. The molecule has 5 rings (SSSR count). The first-order valence-electron chi connectivity index (χ1n) is 11.5. The molecule has 188 valence electrons. The lowest BCUT2D eigenvalue weighted by Gasteiger charge is -2.29. The van der Waals surface area contributed by atoms with Crippen LogP contribution in [-0.4, -0.2) is 59.5 Å². The summed E-state index contributed by atoms with van der Waals surface area (Å²) in [7, 11) is 1.51. The van der Waals surface area contributed by atoms with Crippen LogP contribution < -0.4 is 15.2 Å². The summed E-state index contributed by atoms with van der Waals surface area (Å²) < 4.78 is 11.9. The van der Waals surface area contributed by atoms with Crippen molar-refractivity contribution in [3.05, 3.63) is 86.7 Å². The minimum atomic E-state index is -0.525. The molecule has 0 bridgehead atoms. The normalized spacial score (nSPS) is 13.8. The maximum atomic E-state index is 13.6. The van der Waals surface area contributed by atoms with Gasteiger partial charge < -0.3 is 19.6 Å². The molecule has 11 nitrogen and oxygen atoms in total. The molecule has 0 atom stereocenters. The summed E-state index contributed by atoms with van der Waals surface area (Å²) in [6.07, 6.45) is 1.25. The van der Waals surface area contributed by atoms with Crippen LogP contribution >= 0.6 is 0 Å². The van der Waals surface area contributed by atoms with Crippen LogP contribution in [0.1, 0.15) is 5.56 Å². The highest BCUT2D eigenvalue weighted by Crippen LogP contribution is 2.32. The number of morpholine rings is 1. The first kappa shape index (κ1) is 23.9. The Bertz CT molecular complexity index is 1580. The summed E-state index contributed by atoms with van der Waals surface area (Å²) in [6.45, 7) is 2.34. The number of hydrogen-bond donors (Lipinski definition) is 1. The summed E-state index contributed by atoms with van der Waals surface area (Å²) in [5.41, 5.74) is 1.59. The molecule has 0 amide bonds. The Morgan fingerprint density at radius 2 is 1.86 bits per heavy atom. The van der Waals surface area contributed by atoms with Gasteiger partial charge in [0.05, 0.1) is 42.5 Å². The van der Waals surface area contributed by atoms with Crippen LogP contribution in [0.5, 0.6) is 5.75 Å². The van der Waals surface area contributed by atoms with Crippen molar-refractivity contribution in [2.45, 2.75) is 0 Å². The fourth-order valence-electron chi connectivity index (χ4n) is 4.44. The van der Waals surface area contributed by atoms with Gasteiger partial charge >= 0.3 is 0 Å². The molecule has 37 heavy (non-hydrogen) atoms. The van der Waals surface area contributed by atoms with Crippen LogP contribution in [0.15, 0.2) is 70.6 Å². The third-order valence-corrected chi connectivity index (χ3v) is 6.21. The number of methoxy groups -OCH3 is 1. The lowest BCUT2D eigenvalue weighted by molar-refractivity contribution is -0.384. The second kappa shape index (κ2) is 10.1. The van der Waals surface area contributed by atoms with E-state index in [1.54, 1.807) is 54.6 Å². The van der Waals surface area contributed by atoms with Crippen molar-refractivity contribution in [2.75, 3.05) is 38.3 Å². The lowest BCUT2D eigenvalue weighted by atomic mass is 10.0. The van der Waals surface area contributed by atoms with Crippen LogP contribution in [-0.2, 0) is 4.74 Å². The molecular formula is C26H23N5O6. The zero-order valence-electron chi connectivity index (χ0n) is 19.9. The smallest absolute Gasteiger partial charge is 0.295 e. The van der Waals surface area contributed by atoms with E-state index in [1.807, 2.05) is 4.90 Å². The average molecular weight is 501 g/mol. The van der Waals surface area contributed by atoms with Crippen LogP contribution in [0.3, 0.4) is 0 Å². The van der Waals surface area contributed by atoms with Crippen LogP contribution in [0.4, 0.5) is 11.4 Å². The highest BCUT2D eigenvalue weighted by Gasteiger charge is 2.23. The standard InChI is InChI=1S/C26H23N5O6/c1-36-20-13-17(16-27-33)12-18(14-20)25-21-4-2-3-5-22(21)26(32)30(28-25)24-15-19(6-7-23(24)31(34)35)29-8-10-37-11-9-29/h2-7,12-16,33H,8-11H2,1H3. The Hall–Kier alpha value is -4.77. The van der Waals surface area contributed by atoms with Crippen LogP contribution in [0.2, 0.25) is 0 Å². The van der Waals surface area contributed by atoms with Crippen molar-refractivity contribution in [3.8, 4) is 22.7 Å². The quantitative estimate of drug-likeness (QED) is 0.183. The highest BCUT2D eigenvalue weighted by atomic mass is 16.6. The second-order valence-corrected chi connectivity index (χ2v) is 8.38. The molecule has 2 heterocycles. The molecule has 0 unspecified atom stereocenters. The van der Waals surface area contributed by atoms with E-state index < -0.39 is 10.5 Å². The average Bonchev–Trinajstić information content (AvgIpc) is 2.93. The van der Waals surface area contributed by atoms with Crippen LogP contribution in [0, 0.1) is 10.1 Å². The summed E-state index contributed by atoms with van der Waals surface area (Å²) in [6, 6.07) is 16.8. The Morgan fingerprint density at radius 1 is 1.11 bits per heavy atom. The molecule has 1 N–H and O–H groups in total. The molecule has 1 aromatic heterocycles. The summed E-state index contributed by atoms with van der Waals surface area (Å²) in [5.74, 6) is 0.483. The maximum absolute atomic E-state index is 13.6. The first-order chi connectivity index (χ1) is 18.0. The molecule has 1 fully saturated rings. The second-order valence-electron chi connectivity index (χ2n) is 8.38. The van der Waals surface area contributed by atoms with E-state index in [9.17, 15) is 14.9 Å². The van der Waals surface area contributed by atoms with Gasteiger partial charge in [0.2, 0.25) is 0 Å². The molecule has 0 aliphatic carbocycles. The molecule has 0 saturated carbocycles. The van der Waals surface area contributed by atoms with E-state index in [4.69, 9.17) is 14.7 Å². The zero-order valence-corrected chi connectivity index (χ0v) is 19.9. The number of hydrogen-bond acceptors (Lipinski definition) is 9. The van der Waals surface area contributed by atoms with Crippen molar-refractivity contribution in [3.63, 3.8) is 0 Å².